The number of hydrogen-bond acceptors (Lipinski definition) is 4. The Morgan fingerprint density at radius 1 is 1.10 bits per heavy atom. The number of sulfone groups is 1. The van der Waals surface area contributed by atoms with E-state index in [-0.39, 0.29) is 15.9 Å². The largest absolute Gasteiger partial charge is 0.491 e. The van der Waals surface area contributed by atoms with E-state index in [1.807, 2.05) is 13.8 Å². The Morgan fingerprint density at radius 3 is 2.57 bits per heavy atom. The molecule has 5 heteroatoms. The Kier molecular flexibility index (Phi) is 3.37. The number of benzene rings is 2. The predicted octanol–water partition coefficient (Wildman–Crippen LogP) is 3.80. The topological polar surface area (TPSA) is 52.6 Å². The zero-order valence-corrected chi connectivity index (χ0v) is 12.7. The van der Waals surface area contributed by atoms with E-state index in [1.165, 1.54) is 0 Å². The lowest BCUT2D eigenvalue weighted by Gasteiger charge is -2.21. The second-order valence-corrected chi connectivity index (χ2v) is 6.88. The van der Waals surface area contributed by atoms with E-state index in [4.69, 9.17) is 9.47 Å². The molecule has 0 bridgehead atoms. The molecule has 3 rings (SSSR count). The molecule has 0 fully saturated rings. The van der Waals surface area contributed by atoms with Crippen LogP contribution < -0.4 is 9.47 Å². The van der Waals surface area contributed by atoms with Crippen LogP contribution in [0.5, 0.6) is 17.2 Å². The van der Waals surface area contributed by atoms with Crippen LogP contribution in [0.25, 0.3) is 0 Å². The van der Waals surface area contributed by atoms with E-state index >= 15 is 0 Å². The highest BCUT2D eigenvalue weighted by atomic mass is 32.2. The van der Waals surface area contributed by atoms with Crippen molar-refractivity contribution in [1.82, 2.24) is 0 Å². The third kappa shape index (κ3) is 2.38. The Balaban J connectivity index is 2.06. The quantitative estimate of drug-likeness (QED) is 0.738. The molecular formula is C16H16O4S. The van der Waals surface area contributed by atoms with Crippen LogP contribution in [-0.2, 0) is 9.84 Å². The molecular weight excluding hydrogens is 288 g/mol. The molecule has 0 saturated carbocycles. The molecule has 2 aromatic carbocycles. The third-order valence-corrected chi connectivity index (χ3v) is 5.31. The van der Waals surface area contributed by atoms with Crippen LogP contribution in [0.15, 0.2) is 52.3 Å². The van der Waals surface area contributed by atoms with E-state index in [0.29, 0.717) is 17.2 Å². The highest BCUT2D eigenvalue weighted by molar-refractivity contribution is 7.91. The fraction of sp³-hybridized carbons (Fsp3) is 0.250. The maximum absolute atomic E-state index is 12.6. The van der Waals surface area contributed by atoms with Gasteiger partial charge in [-0.15, -0.1) is 0 Å². The molecule has 1 atom stereocenters. The van der Waals surface area contributed by atoms with Crippen LogP contribution in [0.1, 0.15) is 20.3 Å². The van der Waals surface area contributed by atoms with Crippen molar-refractivity contribution in [2.75, 3.05) is 0 Å². The van der Waals surface area contributed by atoms with E-state index in [9.17, 15) is 8.42 Å². The highest BCUT2D eigenvalue weighted by Gasteiger charge is 2.31. The molecule has 21 heavy (non-hydrogen) atoms. The first-order chi connectivity index (χ1) is 10.0. The van der Waals surface area contributed by atoms with E-state index in [0.717, 1.165) is 6.42 Å². The summed E-state index contributed by atoms with van der Waals surface area (Å²) >= 11 is 0. The van der Waals surface area contributed by atoms with Gasteiger partial charge in [-0.2, -0.15) is 0 Å². The summed E-state index contributed by atoms with van der Waals surface area (Å²) in [5.41, 5.74) is 0. The Hall–Kier alpha value is -2.01. The molecule has 1 heterocycles. The number of rotatable bonds is 3. The van der Waals surface area contributed by atoms with Gasteiger partial charge in [-0.25, -0.2) is 8.42 Å². The van der Waals surface area contributed by atoms with Crippen LogP contribution in [0.2, 0.25) is 0 Å². The second-order valence-electron chi connectivity index (χ2n) is 5.00. The second kappa shape index (κ2) is 5.07. The normalized spacial score (nSPS) is 16.3. The van der Waals surface area contributed by atoms with E-state index in [1.54, 1.807) is 42.5 Å². The zero-order chi connectivity index (χ0) is 15.0. The summed E-state index contributed by atoms with van der Waals surface area (Å²) in [6.07, 6.45) is 0.939. The minimum atomic E-state index is -3.53. The number of para-hydroxylation sites is 1. The van der Waals surface area contributed by atoms with Crippen molar-refractivity contribution in [2.45, 2.75) is 36.2 Å². The summed E-state index contributed by atoms with van der Waals surface area (Å²) < 4.78 is 36.5. The van der Waals surface area contributed by atoms with Crippen LogP contribution in [0, 0.1) is 0 Å². The summed E-state index contributed by atoms with van der Waals surface area (Å²) in [7, 11) is -3.53. The van der Waals surface area contributed by atoms with Gasteiger partial charge < -0.3 is 9.47 Å². The zero-order valence-electron chi connectivity index (χ0n) is 11.9. The molecule has 110 valence electrons. The van der Waals surface area contributed by atoms with Crippen molar-refractivity contribution in [2.24, 2.45) is 0 Å². The van der Waals surface area contributed by atoms with Gasteiger partial charge in [-0.05, 0) is 37.6 Å². The smallest absolute Gasteiger partial charge is 0.213 e. The average Bonchev–Trinajstić information content (AvgIpc) is 2.47. The fourth-order valence-corrected chi connectivity index (χ4v) is 3.65. The van der Waals surface area contributed by atoms with Crippen molar-refractivity contribution in [3.8, 4) is 17.2 Å². The van der Waals surface area contributed by atoms with Gasteiger partial charge in [0.15, 0.2) is 0 Å². The summed E-state index contributed by atoms with van der Waals surface area (Å²) in [5.74, 6) is 1.28. The maximum Gasteiger partial charge on any atom is 0.213 e. The van der Waals surface area contributed by atoms with Crippen molar-refractivity contribution < 1.29 is 17.9 Å². The lowest BCUT2D eigenvalue weighted by atomic mass is 10.3. The molecule has 0 aromatic heterocycles. The predicted molar refractivity (Wildman–Crippen MR) is 78.8 cm³/mol. The molecule has 1 aliphatic rings. The first-order valence-corrected chi connectivity index (χ1v) is 8.33. The van der Waals surface area contributed by atoms with Gasteiger partial charge in [0, 0.05) is 6.07 Å². The van der Waals surface area contributed by atoms with Gasteiger partial charge in [0.1, 0.15) is 27.0 Å². The monoisotopic (exact) mass is 304 g/mol. The first-order valence-electron chi connectivity index (χ1n) is 6.85. The summed E-state index contributed by atoms with van der Waals surface area (Å²) in [4.78, 5) is 0.380. The van der Waals surface area contributed by atoms with Gasteiger partial charge in [-0.1, -0.05) is 19.1 Å². The fourth-order valence-electron chi connectivity index (χ4n) is 2.17. The van der Waals surface area contributed by atoms with Gasteiger partial charge in [-0.3, -0.25) is 0 Å². The van der Waals surface area contributed by atoms with Crippen molar-refractivity contribution in [1.29, 1.82) is 0 Å². The molecule has 0 aliphatic carbocycles. The first kappa shape index (κ1) is 13.9. The van der Waals surface area contributed by atoms with Crippen molar-refractivity contribution in [3.63, 3.8) is 0 Å². The molecule has 0 radical (unpaired) electrons. The summed E-state index contributed by atoms with van der Waals surface area (Å²) in [6, 6.07) is 11.5. The van der Waals surface area contributed by atoms with Gasteiger partial charge in [0.2, 0.25) is 9.84 Å². The molecule has 0 unspecified atom stereocenters. The number of fused-ring (bicyclic) bond motifs is 2. The Labute approximate surface area is 124 Å². The Bertz CT molecular complexity index is 781. The molecule has 0 saturated heterocycles. The summed E-state index contributed by atoms with van der Waals surface area (Å²) in [5, 5.41) is 0. The average molecular weight is 304 g/mol. The third-order valence-electron chi connectivity index (χ3n) is 3.48. The molecule has 0 spiro atoms. The number of ether oxygens (including phenoxy) is 2. The van der Waals surface area contributed by atoms with Crippen molar-refractivity contribution in [3.05, 3.63) is 42.5 Å². The van der Waals surface area contributed by atoms with Crippen LogP contribution in [0.4, 0.5) is 0 Å². The van der Waals surface area contributed by atoms with Crippen LogP contribution in [0.3, 0.4) is 0 Å². The SMILES string of the molecule is CC[C@H](C)Oc1ccc2c(c1)Oc1ccccc1S2(=O)=O. The molecule has 1 aliphatic heterocycles. The van der Waals surface area contributed by atoms with Gasteiger partial charge >= 0.3 is 0 Å². The van der Waals surface area contributed by atoms with Gasteiger partial charge in [0.05, 0.1) is 6.10 Å². The van der Waals surface area contributed by atoms with Crippen LogP contribution >= 0.6 is 0 Å². The lowest BCUT2D eigenvalue weighted by molar-refractivity contribution is 0.216. The minimum Gasteiger partial charge on any atom is -0.491 e. The van der Waals surface area contributed by atoms with E-state index < -0.39 is 9.84 Å². The van der Waals surface area contributed by atoms with Gasteiger partial charge in [0.25, 0.3) is 0 Å². The molecule has 2 aromatic rings. The number of hydrogen-bond donors (Lipinski definition) is 0. The molecule has 4 nitrogen and oxygen atoms in total. The molecule has 0 amide bonds. The highest BCUT2D eigenvalue weighted by Crippen LogP contribution is 2.43. The lowest BCUT2D eigenvalue weighted by Crippen LogP contribution is -2.13. The van der Waals surface area contributed by atoms with E-state index in [2.05, 4.69) is 0 Å². The van der Waals surface area contributed by atoms with Crippen molar-refractivity contribution >= 4 is 9.84 Å². The standard InChI is InChI=1S/C16H16O4S/c1-3-11(2)19-12-8-9-16-14(10-12)20-13-6-4-5-7-15(13)21(16,17)18/h4-11H,3H2,1-2H3/t11-/m0/s1. The molecule has 0 N–H and O–H groups in total. The summed E-state index contributed by atoms with van der Waals surface area (Å²) in [6.45, 7) is 3.99. The Morgan fingerprint density at radius 2 is 1.81 bits per heavy atom. The maximum atomic E-state index is 12.6. The minimum absolute atomic E-state index is 0.0653. The van der Waals surface area contributed by atoms with Crippen LogP contribution in [-0.4, -0.2) is 14.5 Å².